The van der Waals surface area contributed by atoms with E-state index >= 15 is 0 Å². The lowest BCUT2D eigenvalue weighted by molar-refractivity contribution is -0.118. The molecule has 1 N–H and O–H groups in total. The molecule has 0 atom stereocenters. The number of amides is 1. The average molecular weight is 426 g/mol. The molecule has 1 aromatic carbocycles. The first-order chi connectivity index (χ1) is 15.2. The minimum absolute atomic E-state index is 0.0944. The minimum Gasteiger partial charge on any atom is -0.498 e. The topological polar surface area (TPSA) is 67.6 Å². The minimum atomic E-state index is -0.291. The number of rotatable bonds is 7. The van der Waals surface area contributed by atoms with Gasteiger partial charge in [-0.05, 0) is 75.5 Å². The van der Waals surface area contributed by atoms with E-state index in [0.717, 1.165) is 87.3 Å². The van der Waals surface area contributed by atoms with Gasteiger partial charge in [0.05, 0.1) is 24.5 Å². The van der Waals surface area contributed by atoms with Gasteiger partial charge in [-0.2, -0.15) is 0 Å². The molecule has 7 heteroatoms. The van der Waals surface area contributed by atoms with Crippen molar-refractivity contribution in [2.45, 2.75) is 50.9 Å². The van der Waals surface area contributed by atoms with Crippen molar-refractivity contribution in [2.24, 2.45) is 0 Å². The molecule has 5 rings (SSSR count). The van der Waals surface area contributed by atoms with Gasteiger partial charge in [0.15, 0.2) is 5.58 Å². The van der Waals surface area contributed by atoms with Crippen LogP contribution in [0.25, 0.3) is 11.0 Å². The first-order valence-electron chi connectivity index (χ1n) is 11.3. The number of nitrogens with one attached hydrogen (secondary N) is 1. The van der Waals surface area contributed by atoms with E-state index in [0.29, 0.717) is 17.9 Å². The molecule has 1 saturated heterocycles. The van der Waals surface area contributed by atoms with E-state index in [9.17, 15) is 9.18 Å². The van der Waals surface area contributed by atoms with Gasteiger partial charge in [0.1, 0.15) is 5.82 Å². The third-order valence-electron chi connectivity index (χ3n) is 6.60. The zero-order valence-corrected chi connectivity index (χ0v) is 17.7. The third kappa shape index (κ3) is 4.51. The molecule has 0 radical (unpaired) electrons. The fourth-order valence-corrected chi connectivity index (χ4v) is 4.85. The third-order valence-corrected chi connectivity index (χ3v) is 6.60. The van der Waals surface area contributed by atoms with Crippen LogP contribution in [-0.4, -0.2) is 42.2 Å². The Balaban J connectivity index is 1.02. The summed E-state index contributed by atoms with van der Waals surface area (Å²) in [5, 5.41) is 8.08. The lowest BCUT2D eigenvalue weighted by atomic mass is 9.91. The number of carbonyl (C=O) groups excluding carboxylic acids is 1. The molecular formula is C24H28FN3O3. The Hall–Kier alpha value is -2.67. The van der Waals surface area contributed by atoms with Crippen molar-refractivity contribution in [3.05, 3.63) is 52.8 Å². The first-order valence-corrected chi connectivity index (χ1v) is 11.3. The number of piperidine rings is 1. The maximum atomic E-state index is 13.4. The number of hydrogen-bond acceptors (Lipinski definition) is 5. The molecule has 2 aromatic rings. The predicted octanol–water partition coefficient (Wildman–Crippen LogP) is 4.39. The molecule has 2 aliphatic heterocycles. The molecule has 3 heterocycles. The second kappa shape index (κ2) is 8.83. The Bertz CT molecular complexity index is 1030. The van der Waals surface area contributed by atoms with Gasteiger partial charge in [-0.25, -0.2) is 4.39 Å². The lowest BCUT2D eigenvalue weighted by Crippen LogP contribution is -2.33. The van der Waals surface area contributed by atoms with Crippen molar-refractivity contribution in [3.8, 4) is 0 Å². The molecule has 3 aliphatic rings. The van der Waals surface area contributed by atoms with Crippen LogP contribution in [0.1, 0.15) is 56.6 Å². The molecule has 0 unspecified atom stereocenters. The summed E-state index contributed by atoms with van der Waals surface area (Å²) in [6.07, 6.45) is 8.58. The van der Waals surface area contributed by atoms with Crippen LogP contribution in [0.4, 0.5) is 4.39 Å². The number of unbranched alkanes of at least 4 members (excludes halogenated alkanes) is 1. The molecule has 6 nitrogen and oxygen atoms in total. The van der Waals surface area contributed by atoms with Gasteiger partial charge in [-0.3, -0.25) is 4.79 Å². The number of allylic oxidation sites excluding steroid dienone is 2. The molecule has 1 aromatic heterocycles. The molecule has 0 bridgehead atoms. The molecule has 164 valence electrons. The molecule has 1 aliphatic carbocycles. The highest BCUT2D eigenvalue weighted by Crippen LogP contribution is 2.33. The van der Waals surface area contributed by atoms with Gasteiger partial charge in [0, 0.05) is 29.5 Å². The van der Waals surface area contributed by atoms with Crippen molar-refractivity contribution < 1.29 is 18.4 Å². The number of fused-ring (bicyclic) bond motifs is 1. The van der Waals surface area contributed by atoms with Crippen molar-refractivity contribution >= 4 is 16.9 Å². The summed E-state index contributed by atoms with van der Waals surface area (Å²) in [4.78, 5) is 14.0. The van der Waals surface area contributed by atoms with E-state index in [4.69, 9.17) is 9.26 Å². The highest BCUT2D eigenvalue weighted by Gasteiger charge is 2.25. The van der Waals surface area contributed by atoms with Gasteiger partial charge in [0.2, 0.25) is 5.91 Å². The van der Waals surface area contributed by atoms with Crippen LogP contribution in [0.5, 0.6) is 0 Å². The monoisotopic (exact) mass is 425 g/mol. The highest BCUT2D eigenvalue weighted by atomic mass is 19.1. The summed E-state index contributed by atoms with van der Waals surface area (Å²) in [5.74, 6) is 1.17. The summed E-state index contributed by atoms with van der Waals surface area (Å²) in [6.45, 7) is 3.89. The molecule has 1 amide bonds. The SMILES string of the molecule is O=C1CC2=C(C=C(OCCCCN3CCC(c4noc5cc(F)ccc45)CC3)CC2)N1. The summed E-state index contributed by atoms with van der Waals surface area (Å²) in [7, 11) is 0. The largest absolute Gasteiger partial charge is 0.498 e. The first kappa shape index (κ1) is 20.2. The van der Waals surface area contributed by atoms with Crippen LogP contribution < -0.4 is 5.32 Å². The van der Waals surface area contributed by atoms with Gasteiger partial charge < -0.3 is 19.5 Å². The smallest absolute Gasteiger partial charge is 0.228 e. The molecule has 1 fully saturated rings. The number of likely N-dealkylation sites (tertiary alicyclic amines) is 1. The maximum absolute atomic E-state index is 13.4. The molecular weight excluding hydrogens is 397 g/mol. The summed E-state index contributed by atoms with van der Waals surface area (Å²) in [6, 6.07) is 4.66. The zero-order valence-electron chi connectivity index (χ0n) is 17.7. The predicted molar refractivity (Wildman–Crippen MR) is 115 cm³/mol. The standard InChI is InChI=1S/C24H28FN3O3/c25-18-4-6-20-22(14-18)31-27-24(20)16-7-10-28(11-8-16)9-1-2-12-30-19-5-3-17-13-23(29)26-21(17)15-19/h4,6,14-16H,1-3,5,7-13H2,(H,26,29). The van der Waals surface area contributed by atoms with Gasteiger partial charge in [-0.15, -0.1) is 0 Å². The zero-order chi connectivity index (χ0) is 21.2. The fourth-order valence-electron chi connectivity index (χ4n) is 4.85. The average Bonchev–Trinajstić information content (AvgIpc) is 3.35. The van der Waals surface area contributed by atoms with E-state index in [1.54, 1.807) is 6.07 Å². The van der Waals surface area contributed by atoms with Crippen molar-refractivity contribution in [3.63, 3.8) is 0 Å². The van der Waals surface area contributed by atoms with Crippen molar-refractivity contribution in [2.75, 3.05) is 26.2 Å². The van der Waals surface area contributed by atoms with Gasteiger partial charge in [-0.1, -0.05) is 5.16 Å². The Morgan fingerprint density at radius 2 is 2.10 bits per heavy atom. The van der Waals surface area contributed by atoms with E-state index in [1.807, 2.05) is 6.08 Å². The summed E-state index contributed by atoms with van der Waals surface area (Å²) in [5.41, 5.74) is 3.68. The maximum Gasteiger partial charge on any atom is 0.228 e. The number of halogens is 1. The van der Waals surface area contributed by atoms with Gasteiger partial charge >= 0.3 is 0 Å². The van der Waals surface area contributed by atoms with E-state index < -0.39 is 0 Å². The van der Waals surface area contributed by atoms with E-state index in [1.165, 1.54) is 17.7 Å². The fraction of sp³-hybridized carbons (Fsp3) is 0.500. The Morgan fingerprint density at radius 3 is 2.97 bits per heavy atom. The Labute approximate surface area is 181 Å². The Morgan fingerprint density at radius 1 is 1.23 bits per heavy atom. The summed E-state index contributed by atoms with van der Waals surface area (Å²) < 4.78 is 24.6. The van der Waals surface area contributed by atoms with Crippen LogP contribution in [0.15, 0.2) is 45.8 Å². The molecule has 0 saturated carbocycles. The normalized spacial score (nSPS) is 20.2. The van der Waals surface area contributed by atoms with Gasteiger partial charge in [0.25, 0.3) is 0 Å². The van der Waals surface area contributed by atoms with Crippen LogP contribution in [0, 0.1) is 5.82 Å². The number of benzene rings is 1. The van der Waals surface area contributed by atoms with Crippen LogP contribution in [0.2, 0.25) is 0 Å². The summed E-state index contributed by atoms with van der Waals surface area (Å²) >= 11 is 0. The Kier molecular flexibility index (Phi) is 5.76. The number of carbonyl (C=O) groups is 1. The number of aromatic nitrogens is 1. The number of hydrogen-bond donors (Lipinski definition) is 1. The van der Waals surface area contributed by atoms with Crippen molar-refractivity contribution in [1.82, 2.24) is 15.4 Å². The van der Waals surface area contributed by atoms with Crippen LogP contribution >= 0.6 is 0 Å². The molecule has 31 heavy (non-hydrogen) atoms. The van der Waals surface area contributed by atoms with Crippen molar-refractivity contribution in [1.29, 1.82) is 0 Å². The second-order valence-electron chi connectivity index (χ2n) is 8.73. The van der Waals surface area contributed by atoms with Crippen LogP contribution in [-0.2, 0) is 9.53 Å². The number of ether oxygens (including phenoxy) is 1. The van der Waals surface area contributed by atoms with Crippen LogP contribution in [0.3, 0.4) is 0 Å². The molecule has 0 spiro atoms. The quantitative estimate of drug-likeness (QED) is 0.666. The highest BCUT2D eigenvalue weighted by molar-refractivity contribution is 5.85. The van der Waals surface area contributed by atoms with E-state index in [2.05, 4.69) is 15.4 Å². The second-order valence-corrected chi connectivity index (χ2v) is 8.73. The lowest BCUT2D eigenvalue weighted by Gasteiger charge is -2.31. The van der Waals surface area contributed by atoms with E-state index in [-0.39, 0.29) is 11.7 Å². The number of nitrogens with zero attached hydrogens (tertiary/aromatic N) is 2.